The summed E-state index contributed by atoms with van der Waals surface area (Å²) < 4.78 is 67.9. The fourth-order valence-electron chi connectivity index (χ4n) is 12.9. The molecule has 2 saturated heterocycles. The van der Waals surface area contributed by atoms with E-state index in [1.54, 1.807) is 0 Å². The normalized spacial score (nSPS) is 49.5. The van der Waals surface area contributed by atoms with Crippen LogP contribution >= 0.6 is 0 Å². The van der Waals surface area contributed by atoms with E-state index in [9.17, 15) is 53.8 Å². The second-order valence-corrected chi connectivity index (χ2v) is 20.5. The fourth-order valence-corrected chi connectivity index (χ4v) is 13.4. The maximum atomic E-state index is 12.8. The molecular weight excluding hydrogens is 784 g/mol. The molecule has 6 fully saturated rings. The lowest BCUT2D eigenvalue weighted by molar-refractivity contribution is -0.345. The zero-order valence-corrected chi connectivity index (χ0v) is 35.5. The van der Waals surface area contributed by atoms with Crippen molar-refractivity contribution in [1.29, 1.82) is 0 Å². The van der Waals surface area contributed by atoms with Crippen molar-refractivity contribution < 1.29 is 81.7 Å². The van der Waals surface area contributed by atoms with Gasteiger partial charge in [0.1, 0.15) is 36.6 Å². The van der Waals surface area contributed by atoms with Gasteiger partial charge in [-0.3, -0.25) is 4.55 Å². The minimum atomic E-state index is -4.97. The molecule has 0 aromatic heterocycles. The maximum absolute atomic E-state index is 12.8. The van der Waals surface area contributed by atoms with Crippen molar-refractivity contribution in [1.82, 2.24) is 0 Å². The number of aliphatic hydroxyl groups is 8. The van der Waals surface area contributed by atoms with E-state index in [2.05, 4.69) is 27.7 Å². The summed E-state index contributed by atoms with van der Waals surface area (Å²) in [5.74, 6) is -1.19. The topological polar surface area (TPSA) is 272 Å². The summed E-state index contributed by atoms with van der Waals surface area (Å²) in [5, 5.41) is 88.1. The predicted molar refractivity (Wildman–Crippen MR) is 204 cm³/mol. The van der Waals surface area contributed by atoms with Crippen LogP contribution in [-0.2, 0) is 38.3 Å². The average molecular weight is 855 g/mol. The summed E-state index contributed by atoms with van der Waals surface area (Å²) in [6.07, 6.45) is -9.64. The Kier molecular flexibility index (Phi) is 14.4. The molecule has 0 bridgehead atoms. The third kappa shape index (κ3) is 8.79. The molecule has 6 aliphatic rings. The lowest BCUT2D eigenvalue weighted by Crippen LogP contribution is -2.71. The molecular formula is C40H70O17S. The van der Waals surface area contributed by atoms with Crippen LogP contribution in [0.4, 0.5) is 0 Å². The fraction of sp³-hybridized carbons (Fsp3) is 1.00. The van der Waals surface area contributed by atoms with Gasteiger partial charge in [-0.05, 0) is 85.4 Å². The SMILES string of the molecule is CO[C@H]1[C@H](O[C@H]2[C@H](OCC[C@@H](CC[C@@H](C)[C@H]3C[C@@H](O)[C@@H]4[C@]3(C)CC[C@@H]3[C@@]5(C)CC[C@H](O)[C@H](O)[C@@H]5[C@@H](OS(=O)(=O)O)C[C@]34O)C(C)C)OC[C@@H](O)[C@@H]2O)OC[C@@H](O)[C@@H]1O. The van der Waals surface area contributed by atoms with Gasteiger partial charge in [0.2, 0.25) is 0 Å². The number of aliphatic hydroxyl groups excluding tert-OH is 7. The van der Waals surface area contributed by atoms with Crippen molar-refractivity contribution in [2.75, 3.05) is 26.9 Å². The second-order valence-electron chi connectivity index (χ2n) is 19.4. The van der Waals surface area contributed by atoms with Crippen LogP contribution in [0.1, 0.15) is 92.4 Å². The van der Waals surface area contributed by atoms with E-state index in [0.29, 0.717) is 32.1 Å². The molecule has 18 heteroatoms. The number of hydrogen-bond acceptors (Lipinski definition) is 16. The summed E-state index contributed by atoms with van der Waals surface area (Å²) in [5.41, 5.74) is -2.88. The Labute approximate surface area is 342 Å². The molecule has 21 atom stereocenters. The zero-order valence-electron chi connectivity index (χ0n) is 34.7. The molecule has 0 unspecified atom stereocenters. The van der Waals surface area contributed by atoms with Crippen LogP contribution in [0.2, 0.25) is 0 Å². The third-order valence-corrected chi connectivity index (χ3v) is 16.3. The number of methoxy groups -OCH3 is 1. The minimum absolute atomic E-state index is 0.0332. The van der Waals surface area contributed by atoms with Crippen LogP contribution < -0.4 is 0 Å². The molecule has 6 rings (SSSR count). The van der Waals surface area contributed by atoms with E-state index in [1.807, 2.05) is 6.92 Å². The molecule has 4 saturated carbocycles. The summed E-state index contributed by atoms with van der Waals surface area (Å²) in [6.45, 7) is 10.3. The molecule has 2 heterocycles. The Bertz CT molecular complexity index is 1490. The van der Waals surface area contributed by atoms with Crippen molar-refractivity contribution in [3.63, 3.8) is 0 Å². The van der Waals surface area contributed by atoms with E-state index in [0.717, 1.165) is 12.8 Å². The maximum Gasteiger partial charge on any atom is 0.397 e. The van der Waals surface area contributed by atoms with E-state index >= 15 is 0 Å². The third-order valence-electron chi connectivity index (χ3n) is 15.8. The van der Waals surface area contributed by atoms with Crippen molar-refractivity contribution in [3.05, 3.63) is 0 Å². The van der Waals surface area contributed by atoms with Gasteiger partial charge in [0.15, 0.2) is 12.6 Å². The number of hydrogen-bond donors (Lipinski definition) is 9. The molecule has 9 N–H and O–H groups in total. The van der Waals surface area contributed by atoms with Gasteiger partial charge in [0, 0.05) is 25.4 Å². The van der Waals surface area contributed by atoms with Gasteiger partial charge in [-0.2, -0.15) is 8.42 Å². The van der Waals surface area contributed by atoms with Crippen LogP contribution in [0.15, 0.2) is 0 Å². The number of fused-ring (bicyclic) bond motifs is 5. The molecule has 0 aromatic carbocycles. The van der Waals surface area contributed by atoms with Crippen LogP contribution in [0.3, 0.4) is 0 Å². The summed E-state index contributed by atoms with van der Waals surface area (Å²) >= 11 is 0. The van der Waals surface area contributed by atoms with Crippen molar-refractivity contribution in [2.45, 2.75) is 172 Å². The Morgan fingerprint density at radius 1 is 0.776 bits per heavy atom. The molecule has 0 spiro atoms. The standard InChI is InChI=1S/C40H70O17S/c1-19(2)21(11-14-53-36-34(32(47)26(44)17-54-36)56-37-33(52-6)31(46)25(43)18-55-37)8-7-20(3)22-15-24(42)35-38(22,4)13-10-28-39(5)12-9-23(41)30(45)29(39)27(16-40(28,35)48)57-58(49,50)51/h19-37,41-48H,7-18H2,1-6H3,(H,49,50,51)/t20-,21-,22-,23+,24-,25-,26-,27+,28-,29+,30+,31+,32+,33-,34-,35-,36-,37+,38-,39-,40+/m1/s1. The van der Waals surface area contributed by atoms with Crippen molar-refractivity contribution in [2.24, 2.45) is 52.3 Å². The first-order chi connectivity index (χ1) is 27.1. The Morgan fingerprint density at radius 2 is 1.40 bits per heavy atom. The van der Waals surface area contributed by atoms with Crippen molar-refractivity contribution in [3.8, 4) is 0 Å². The van der Waals surface area contributed by atoms with E-state index in [-0.39, 0.29) is 56.3 Å². The van der Waals surface area contributed by atoms with E-state index in [4.69, 9.17) is 27.9 Å². The second kappa shape index (κ2) is 17.8. The van der Waals surface area contributed by atoms with Gasteiger partial charge in [0.25, 0.3) is 0 Å². The number of ether oxygens (including phenoxy) is 5. The van der Waals surface area contributed by atoms with Gasteiger partial charge >= 0.3 is 10.4 Å². The minimum Gasteiger partial charge on any atom is -0.393 e. The van der Waals surface area contributed by atoms with E-state index < -0.39 is 118 Å². The average Bonchev–Trinajstić information content (AvgIpc) is 3.42. The molecule has 2 aliphatic heterocycles. The van der Waals surface area contributed by atoms with Gasteiger partial charge in [-0.15, -0.1) is 0 Å². The van der Waals surface area contributed by atoms with Gasteiger partial charge < -0.3 is 64.5 Å². The van der Waals surface area contributed by atoms with Gasteiger partial charge in [0.05, 0.1) is 49.8 Å². The zero-order chi connectivity index (χ0) is 42.7. The van der Waals surface area contributed by atoms with E-state index in [1.165, 1.54) is 7.11 Å². The molecule has 17 nitrogen and oxygen atoms in total. The Balaban J connectivity index is 1.10. The lowest BCUT2D eigenvalue weighted by Gasteiger charge is -2.66. The highest BCUT2D eigenvalue weighted by atomic mass is 32.3. The first kappa shape index (κ1) is 46.8. The molecule has 4 aliphatic carbocycles. The highest BCUT2D eigenvalue weighted by Gasteiger charge is 2.72. The quantitative estimate of drug-likeness (QED) is 0.108. The van der Waals surface area contributed by atoms with Crippen LogP contribution in [0.25, 0.3) is 0 Å². The molecule has 0 aromatic rings. The van der Waals surface area contributed by atoms with Crippen LogP contribution in [0, 0.1) is 52.3 Å². The first-order valence-corrected chi connectivity index (χ1v) is 22.6. The highest BCUT2D eigenvalue weighted by Crippen LogP contribution is 2.70. The smallest absolute Gasteiger partial charge is 0.393 e. The van der Waals surface area contributed by atoms with Crippen molar-refractivity contribution >= 4 is 10.4 Å². The van der Waals surface area contributed by atoms with Crippen LogP contribution in [0.5, 0.6) is 0 Å². The Morgan fingerprint density at radius 3 is 2.02 bits per heavy atom. The molecule has 338 valence electrons. The monoisotopic (exact) mass is 854 g/mol. The summed E-state index contributed by atoms with van der Waals surface area (Å²) in [7, 11) is -3.64. The molecule has 58 heavy (non-hydrogen) atoms. The number of rotatable bonds is 14. The van der Waals surface area contributed by atoms with Gasteiger partial charge in [-0.25, -0.2) is 4.18 Å². The molecule has 0 radical (unpaired) electrons. The van der Waals surface area contributed by atoms with Crippen LogP contribution in [-0.4, -0.2) is 160 Å². The lowest BCUT2D eigenvalue weighted by atomic mass is 9.41. The molecule has 0 amide bonds. The predicted octanol–water partition coefficient (Wildman–Crippen LogP) is 0.512. The summed E-state index contributed by atoms with van der Waals surface area (Å²) in [4.78, 5) is 0. The van der Waals surface area contributed by atoms with Gasteiger partial charge in [-0.1, -0.05) is 41.0 Å². The first-order valence-electron chi connectivity index (χ1n) is 21.2. The highest BCUT2D eigenvalue weighted by molar-refractivity contribution is 7.80. The summed E-state index contributed by atoms with van der Waals surface area (Å²) in [6, 6.07) is 0. The largest absolute Gasteiger partial charge is 0.397 e. The Hall–Kier alpha value is -0.650.